The molecule has 1 aromatic rings. The number of hydrogen-bond donors (Lipinski definition) is 1. The lowest BCUT2D eigenvalue weighted by Crippen LogP contribution is -2.28. The van der Waals surface area contributed by atoms with Crippen LogP contribution >= 0.6 is 0 Å². The number of nitrogens with one attached hydrogen (secondary N) is 1. The Labute approximate surface area is 130 Å². The van der Waals surface area contributed by atoms with Crippen molar-refractivity contribution in [3.05, 3.63) is 34.9 Å². The van der Waals surface area contributed by atoms with Crippen LogP contribution in [0.1, 0.15) is 42.5 Å². The van der Waals surface area contributed by atoms with E-state index in [9.17, 15) is 0 Å². The minimum absolute atomic E-state index is 0.443. The molecule has 0 saturated heterocycles. The molecule has 0 radical (unpaired) electrons. The van der Waals surface area contributed by atoms with Crippen LogP contribution < -0.4 is 5.32 Å². The Hall–Kier alpha value is -0.900. The van der Waals surface area contributed by atoms with Gasteiger partial charge < -0.3 is 15.0 Å². The standard InChI is InChI=1S/C18H32N2O/c1-6-19-18(8-10-20(4)9-7-11-21-5)17-13-15(2)12-16(3)14-17/h12-14,18-19H,6-11H2,1-5H3. The summed E-state index contributed by atoms with van der Waals surface area (Å²) in [5, 5.41) is 3.62. The number of aryl methyl sites for hydroxylation is 2. The van der Waals surface area contributed by atoms with E-state index in [-0.39, 0.29) is 0 Å². The SMILES string of the molecule is CCNC(CCN(C)CCCOC)c1cc(C)cc(C)c1. The van der Waals surface area contributed by atoms with Crippen molar-refractivity contribution < 1.29 is 4.74 Å². The molecule has 0 fully saturated rings. The van der Waals surface area contributed by atoms with Crippen LogP contribution in [0.3, 0.4) is 0 Å². The molecular formula is C18H32N2O. The van der Waals surface area contributed by atoms with E-state index in [1.807, 2.05) is 0 Å². The van der Waals surface area contributed by atoms with Gasteiger partial charge in [-0.1, -0.05) is 36.2 Å². The summed E-state index contributed by atoms with van der Waals surface area (Å²) in [6, 6.07) is 7.30. The first-order valence-electron chi connectivity index (χ1n) is 8.05. The Kier molecular flexibility index (Phi) is 8.58. The fraction of sp³-hybridized carbons (Fsp3) is 0.667. The molecule has 0 saturated carbocycles. The van der Waals surface area contributed by atoms with E-state index in [1.165, 1.54) is 16.7 Å². The summed E-state index contributed by atoms with van der Waals surface area (Å²) in [6.45, 7) is 10.6. The van der Waals surface area contributed by atoms with Crippen molar-refractivity contribution in [3.8, 4) is 0 Å². The van der Waals surface area contributed by atoms with Gasteiger partial charge in [-0.3, -0.25) is 0 Å². The van der Waals surface area contributed by atoms with Gasteiger partial charge in [-0.25, -0.2) is 0 Å². The average molecular weight is 292 g/mol. The van der Waals surface area contributed by atoms with Crippen LogP contribution in [0.25, 0.3) is 0 Å². The van der Waals surface area contributed by atoms with Crippen molar-refractivity contribution in [1.29, 1.82) is 0 Å². The normalized spacial score (nSPS) is 12.9. The molecule has 1 N–H and O–H groups in total. The van der Waals surface area contributed by atoms with Gasteiger partial charge in [-0.15, -0.1) is 0 Å². The minimum atomic E-state index is 0.443. The van der Waals surface area contributed by atoms with E-state index in [4.69, 9.17) is 4.74 Å². The number of hydrogen-bond acceptors (Lipinski definition) is 3. The lowest BCUT2D eigenvalue weighted by Gasteiger charge is -2.23. The predicted molar refractivity (Wildman–Crippen MR) is 90.9 cm³/mol. The summed E-state index contributed by atoms with van der Waals surface area (Å²) in [5.41, 5.74) is 4.11. The number of ether oxygens (including phenoxy) is 1. The molecule has 0 bridgehead atoms. The molecule has 3 heteroatoms. The van der Waals surface area contributed by atoms with E-state index in [2.05, 4.69) is 56.2 Å². The van der Waals surface area contributed by atoms with Crippen LogP contribution in [0.4, 0.5) is 0 Å². The second-order valence-electron chi connectivity index (χ2n) is 5.97. The number of methoxy groups -OCH3 is 1. The molecule has 21 heavy (non-hydrogen) atoms. The number of benzene rings is 1. The van der Waals surface area contributed by atoms with Crippen molar-refractivity contribution in [2.24, 2.45) is 0 Å². The van der Waals surface area contributed by atoms with Crippen LogP contribution in [0.2, 0.25) is 0 Å². The molecule has 120 valence electrons. The van der Waals surface area contributed by atoms with Crippen molar-refractivity contribution in [3.63, 3.8) is 0 Å². The van der Waals surface area contributed by atoms with Gasteiger partial charge in [-0.2, -0.15) is 0 Å². The molecule has 0 amide bonds. The highest BCUT2D eigenvalue weighted by Crippen LogP contribution is 2.20. The van der Waals surface area contributed by atoms with E-state index in [0.717, 1.165) is 39.1 Å². The predicted octanol–water partition coefficient (Wildman–Crippen LogP) is 3.31. The van der Waals surface area contributed by atoms with Gasteiger partial charge in [0.1, 0.15) is 0 Å². The highest BCUT2D eigenvalue weighted by molar-refractivity contribution is 5.30. The monoisotopic (exact) mass is 292 g/mol. The van der Waals surface area contributed by atoms with Crippen LogP contribution in [-0.2, 0) is 4.74 Å². The molecule has 1 aromatic carbocycles. The zero-order valence-electron chi connectivity index (χ0n) is 14.4. The third kappa shape index (κ3) is 7.07. The van der Waals surface area contributed by atoms with Crippen LogP contribution in [0.5, 0.6) is 0 Å². The molecule has 0 aliphatic carbocycles. The summed E-state index contributed by atoms with van der Waals surface area (Å²) in [5.74, 6) is 0. The smallest absolute Gasteiger partial charge is 0.0474 e. The van der Waals surface area contributed by atoms with E-state index in [1.54, 1.807) is 7.11 Å². The molecule has 1 unspecified atom stereocenters. The van der Waals surface area contributed by atoms with Crippen LogP contribution in [0, 0.1) is 13.8 Å². The average Bonchev–Trinajstić information content (AvgIpc) is 2.42. The fourth-order valence-corrected chi connectivity index (χ4v) is 2.78. The third-order valence-corrected chi connectivity index (χ3v) is 3.78. The Bertz CT molecular complexity index is 386. The first kappa shape index (κ1) is 18.1. The second kappa shape index (κ2) is 9.93. The summed E-state index contributed by atoms with van der Waals surface area (Å²) in [6.07, 6.45) is 2.24. The summed E-state index contributed by atoms with van der Waals surface area (Å²) in [4.78, 5) is 2.39. The Balaban J connectivity index is 2.56. The van der Waals surface area contributed by atoms with Gasteiger partial charge in [0.15, 0.2) is 0 Å². The maximum atomic E-state index is 5.11. The van der Waals surface area contributed by atoms with Gasteiger partial charge in [-0.05, 0) is 52.4 Å². The van der Waals surface area contributed by atoms with Crippen LogP contribution in [-0.4, -0.2) is 45.3 Å². The van der Waals surface area contributed by atoms with Crippen molar-refractivity contribution in [2.75, 3.05) is 40.4 Å². The summed E-state index contributed by atoms with van der Waals surface area (Å²) >= 11 is 0. The number of nitrogens with zero attached hydrogens (tertiary/aromatic N) is 1. The molecule has 0 heterocycles. The Morgan fingerprint density at radius 1 is 1.14 bits per heavy atom. The Morgan fingerprint density at radius 2 is 1.81 bits per heavy atom. The first-order chi connectivity index (χ1) is 10.1. The van der Waals surface area contributed by atoms with Gasteiger partial charge in [0.25, 0.3) is 0 Å². The maximum Gasteiger partial charge on any atom is 0.0474 e. The molecule has 0 spiro atoms. The van der Waals surface area contributed by atoms with Crippen molar-refractivity contribution >= 4 is 0 Å². The molecular weight excluding hydrogens is 260 g/mol. The highest BCUT2D eigenvalue weighted by Gasteiger charge is 2.12. The lowest BCUT2D eigenvalue weighted by molar-refractivity contribution is 0.178. The molecule has 0 aliphatic heterocycles. The zero-order chi connectivity index (χ0) is 15.7. The maximum absolute atomic E-state index is 5.11. The highest BCUT2D eigenvalue weighted by atomic mass is 16.5. The quantitative estimate of drug-likeness (QED) is 0.670. The first-order valence-corrected chi connectivity index (χ1v) is 8.05. The molecule has 0 aliphatic rings. The van der Waals surface area contributed by atoms with E-state index < -0.39 is 0 Å². The molecule has 1 rings (SSSR count). The van der Waals surface area contributed by atoms with Gasteiger partial charge in [0.05, 0.1) is 0 Å². The van der Waals surface area contributed by atoms with Crippen molar-refractivity contribution in [2.45, 2.75) is 39.7 Å². The van der Waals surface area contributed by atoms with Gasteiger partial charge in [0.2, 0.25) is 0 Å². The van der Waals surface area contributed by atoms with Gasteiger partial charge in [0, 0.05) is 26.3 Å². The Morgan fingerprint density at radius 3 is 2.38 bits per heavy atom. The van der Waals surface area contributed by atoms with Crippen molar-refractivity contribution in [1.82, 2.24) is 10.2 Å². The number of rotatable bonds is 10. The van der Waals surface area contributed by atoms with Gasteiger partial charge >= 0.3 is 0 Å². The molecule has 3 nitrogen and oxygen atoms in total. The van der Waals surface area contributed by atoms with E-state index in [0.29, 0.717) is 6.04 Å². The lowest BCUT2D eigenvalue weighted by atomic mass is 9.99. The molecule has 0 aromatic heterocycles. The zero-order valence-corrected chi connectivity index (χ0v) is 14.4. The topological polar surface area (TPSA) is 24.5 Å². The summed E-state index contributed by atoms with van der Waals surface area (Å²) < 4.78 is 5.11. The third-order valence-electron chi connectivity index (χ3n) is 3.78. The second-order valence-corrected chi connectivity index (χ2v) is 5.97. The van der Waals surface area contributed by atoms with Crippen LogP contribution in [0.15, 0.2) is 18.2 Å². The summed E-state index contributed by atoms with van der Waals surface area (Å²) in [7, 11) is 3.96. The minimum Gasteiger partial charge on any atom is -0.385 e. The molecule has 1 atom stereocenters. The largest absolute Gasteiger partial charge is 0.385 e. The fourth-order valence-electron chi connectivity index (χ4n) is 2.78. The van der Waals surface area contributed by atoms with E-state index >= 15 is 0 Å².